The van der Waals surface area contributed by atoms with Crippen molar-refractivity contribution in [1.82, 2.24) is 36.5 Å². The number of aliphatic hydroxyl groups is 1. The average Bonchev–Trinajstić information content (AvgIpc) is 3.98. The van der Waals surface area contributed by atoms with Crippen LogP contribution in [0.1, 0.15) is 42.0 Å². The lowest BCUT2D eigenvalue weighted by Crippen LogP contribution is -2.63. The van der Waals surface area contributed by atoms with Crippen LogP contribution in [-0.2, 0) is 54.5 Å². The van der Waals surface area contributed by atoms with Crippen LogP contribution >= 0.6 is 0 Å². The highest BCUT2D eigenvalue weighted by molar-refractivity contribution is 5.99. The molecule has 66 heavy (non-hydrogen) atoms. The fraction of sp³-hybridized carbons (Fsp3) is 0.294. The maximum atomic E-state index is 14.8. The Morgan fingerprint density at radius 3 is 1.88 bits per heavy atom. The summed E-state index contributed by atoms with van der Waals surface area (Å²) in [4.78, 5) is 92.0. The maximum absolute atomic E-state index is 14.8. The van der Waals surface area contributed by atoms with Gasteiger partial charge >= 0.3 is 0 Å². The van der Waals surface area contributed by atoms with Crippen molar-refractivity contribution in [2.45, 2.75) is 87.8 Å². The molecule has 1 unspecified atom stereocenters. The molecule has 8 rings (SSSR count). The first-order valence-corrected chi connectivity index (χ1v) is 22.2. The lowest BCUT2D eigenvalue weighted by Gasteiger charge is -2.32. The van der Waals surface area contributed by atoms with Crippen LogP contribution in [0.15, 0.2) is 128 Å². The minimum absolute atomic E-state index is 0.0186. The van der Waals surface area contributed by atoms with Gasteiger partial charge in [-0.1, -0.05) is 103 Å². The number of amides is 6. The van der Waals surface area contributed by atoms with Gasteiger partial charge in [-0.2, -0.15) is 0 Å². The number of nitrogens with one attached hydrogen (secondary N) is 6. The van der Waals surface area contributed by atoms with Crippen molar-refractivity contribution in [3.8, 4) is 0 Å². The van der Waals surface area contributed by atoms with Gasteiger partial charge in [-0.15, -0.1) is 0 Å². The molecular weight excluding hydrogens is 842 g/mol. The van der Waals surface area contributed by atoms with Crippen molar-refractivity contribution < 1.29 is 38.3 Å². The van der Waals surface area contributed by atoms with Crippen LogP contribution in [-0.4, -0.2) is 99.3 Å². The third-order valence-electron chi connectivity index (χ3n) is 12.4. The number of aromatic amines is 1. The molecule has 2 fully saturated rings. The number of aromatic nitrogens is 1. The molecule has 0 radical (unpaired) electrons. The summed E-state index contributed by atoms with van der Waals surface area (Å²) < 4.78 is 14.1. The quantitative estimate of drug-likeness (QED) is 0.115. The van der Waals surface area contributed by atoms with Crippen molar-refractivity contribution in [3.05, 3.63) is 156 Å². The van der Waals surface area contributed by atoms with Gasteiger partial charge in [-0.25, -0.2) is 4.39 Å². The van der Waals surface area contributed by atoms with Crippen molar-refractivity contribution >= 4 is 57.1 Å². The van der Waals surface area contributed by atoms with E-state index >= 15 is 0 Å². The zero-order valence-electron chi connectivity index (χ0n) is 36.3. The van der Waals surface area contributed by atoms with E-state index in [1.807, 2.05) is 72.8 Å². The molecule has 3 heterocycles. The molecule has 7 N–H and O–H groups in total. The Labute approximate surface area is 380 Å². The number of para-hydroxylation sites is 1. The van der Waals surface area contributed by atoms with Crippen LogP contribution < -0.4 is 26.6 Å². The van der Waals surface area contributed by atoms with Gasteiger partial charge in [0, 0.05) is 49.3 Å². The predicted octanol–water partition coefficient (Wildman–Crippen LogP) is 3.54. The van der Waals surface area contributed by atoms with Crippen molar-refractivity contribution in [2.75, 3.05) is 6.54 Å². The van der Waals surface area contributed by atoms with E-state index in [-0.39, 0.29) is 38.6 Å². The van der Waals surface area contributed by atoms with E-state index < -0.39 is 83.6 Å². The standard InChI is InChI=1S/C51H52FN7O7/c1-30(60)45-50(65)57-43(26-31-10-3-2-4-11-31)51(66)59-23-9-16-44(59)49(64)56-41(27-33-17-20-34-12-5-6-13-35(34)24-33)46(61)55-42(28-36-29-53-39-15-8-7-14-38(36)39)47(62)54-40(48(63)58-45)25-32-18-21-37(52)22-19-32/h2-8,10-15,17-22,24,29-30,40-45,53,60H,9,16,23,25-28H2,1H3,(H,54,62)(H,55,61)(H,56,64)(H,57,65)(H,58,63)/t30?,40-,41-,42+,43-,44-,45-/m0/s1. The fourth-order valence-electron chi connectivity index (χ4n) is 8.89. The van der Waals surface area contributed by atoms with E-state index in [4.69, 9.17) is 0 Å². The number of carbonyl (C=O) groups is 6. The molecule has 2 aliphatic rings. The molecule has 1 aromatic heterocycles. The Morgan fingerprint density at radius 2 is 1.15 bits per heavy atom. The van der Waals surface area contributed by atoms with Gasteiger partial charge in [-0.3, -0.25) is 28.8 Å². The summed E-state index contributed by atoms with van der Waals surface area (Å²) in [5.74, 6) is -4.84. The zero-order valence-corrected chi connectivity index (χ0v) is 36.3. The third kappa shape index (κ3) is 10.6. The summed E-state index contributed by atoms with van der Waals surface area (Å²) in [6, 6.07) is 27.3. The van der Waals surface area contributed by atoms with Gasteiger partial charge in [-0.05, 0) is 71.0 Å². The highest BCUT2D eigenvalue weighted by Crippen LogP contribution is 2.23. The summed E-state index contributed by atoms with van der Waals surface area (Å²) in [5, 5.41) is 27.6. The Balaban J connectivity index is 1.20. The number of fused-ring (bicyclic) bond motifs is 3. The Morgan fingerprint density at radius 1 is 0.591 bits per heavy atom. The normalized spacial score (nSPS) is 22.9. The minimum Gasteiger partial charge on any atom is -0.391 e. The van der Waals surface area contributed by atoms with E-state index in [1.54, 1.807) is 30.5 Å². The molecule has 0 saturated carbocycles. The molecule has 5 aromatic carbocycles. The van der Waals surface area contributed by atoms with Crippen LogP contribution in [0.5, 0.6) is 0 Å². The highest BCUT2D eigenvalue weighted by Gasteiger charge is 2.41. The van der Waals surface area contributed by atoms with E-state index in [0.29, 0.717) is 23.1 Å². The number of benzene rings is 5. The Bertz CT molecular complexity index is 2740. The number of hydrogen-bond donors (Lipinski definition) is 7. The lowest BCUT2D eigenvalue weighted by atomic mass is 9.98. The van der Waals surface area contributed by atoms with Crippen LogP contribution in [0, 0.1) is 5.82 Å². The molecule has 0 aliphatic carbocycles. The van der Waals surface area contributed by atoms with Gasteiger partial charge in [0.05, 0.1) is 6.10 Å². The molecule has 14 nitrogen and oxygen atoms in total. The van der Waals surface area contributed by atoms with Crippen LogP contribution in [0.3, 0.4) is 0 Å². The van der Waals surface area contributed by atoms with E-state index in [0.717, 1.165) is 27.2 Å². The average molecular weight is 894 g/mol. The zero-order chi connectivity index (χ0) is 46.3. The molecule has 0 spiro atoms. The number of halogens is 1. The largest absolute Gasteiger partial charge is 0.391 e. The second-order valence-electron chi connectivity index (χ2n) is 17.1. The van der Waals surface area contributed by atoms with E-state index in [1.165, 1.54) is 36.1 Å². The summed E-state index contributed by atoms with van der Waals surface area (Å²) in [6.45, 7) is 1.49. The van der Waals surface area contributed by atoms with Gasteiger partial charge in [0.1, 0.15) is 42.1 Å². The summed E-state index contributed by atoms with van der Waals surface area (Å²) in [5.41, 5.74) is 3.36. The molecule has 340 valence electrons. The minimum atomic E-state index is -1.61. The smallest absolute Gasteiger partial charge is 0.246 e. The third-order valence-corrected chi connectivity index (χ3v) is 12.4. The first-order valence-electron chi connectivity index (χ1n) is 22.2. The number of nitrogens with zero attached hydrogens (tertiary/aromatic N) is 1. The van der Waals surface area contributed by atoms with Gasteiger partial charge in [0.2, 0.25) is 35.4 Å². The predicted molar refractivity (Wildman–Crippen MR) is 246 cm³/mol. The van der Waals surface area contributed by atoms with Crippen LogP contribution in [0.2, 0.25) is 0 Å². The van der Waals surface area contributed by atoms with Gasteiger partial charge < -0.3 is 41.6 Å². The maximum Gasteiger partial charge on any atom is 0.246 e. The summed E-state index contributed by atoms with van der Waals surface area (Å²) in [6.07, 6.45) is 0.815. The lowest BCUT2D eigenvalue weighted by molar-refractivity contribution is -0.143. The molecule has 15 heteroatoms. The van der Waals surface area contributed by atoms with Crippen LogP contribution in [0.25, 0.3) is 21.7 Å². The second-order valence-corrected chi connectivity index (χ2v) is 17.1. The molecule has 7 atom stereocenters. The summed E-state index contributed by atoms with van der Waals surface area (Å²) in [7, 11) is 0. The van der Waals surface area contributed by atoms with Gasteiger partial charge in [0.15, 0.2) is 0 Å². The highest BCUT2D eigenvalue weighted by atomic mass is 19.1. The number of aliphatic hydroxyl groups excluding tert-OH is 1. The number of H-pyrrole nitrogens is 1. The first-order chi connectivity index (χ1) is 31.9. The molecular formula is C51H52FN7O7. The van der Waals surface area contributed by atoms with Crippen molar-refractivity contribution in [2.24, 2.45) is 0 Å². The van der Waals surface area contributed by atoms with Crippen LogP contribution in [0.4, 0.5) is 4.39 Å². The topological polar surface area (TPSA) is 202 Å². The Hall–Kier alpha value is -7.39. The fourth-order valence-corrected chi connectivity index (χ4v) is 8.89. The Kier molecular flexibility index (Phi) is 13.8. The number of rotatable bonds is 9. The van der Waals surface area contributed by atoms with Gasteiger partial charge in [0.25, 0.3) is 0 Å². The molecule has 0 bridgehead atoms. The SMILES string of the molecule is CC(O)[C@@H]1NC(=O)[C@H](Cc2ccc(F)cc2)NC(=O)[C@@H](Cc2c[nH]c3ccccc23)NC(=O)[C@H](Cc2ccc3ccccc3c2)NC(=O)[C@@H]2CCCN2C(=O)[C@H](Cc2ccccc2)NC1=O. The molecule has 2 aliphatic heterocycles. The summed E-state index contributed by atoms with van der Waals surface area (Å²) >= 11 is 0. The number of carbonyl (C=O) groups excluding carboxylic acids is 6. The second kappa shape index (κ2) is 20.2. The number of hydrogen-bond acceptors (Lipinski definition) is 7. The monoisotopic (exact) mass is 893 g/mol. The molecule has 6 aromatic rings. The van der Waals surface area contributed by atoms with Crippen molar-refractivity contribution in [3.63, 3.8) is 0 Å². The van der Waals surface area contributed by atoms with E-state index in [9.17, 15) is 38.3 Å². The van der Waals surface area contributed by atoms with Crippen molar-refractivity contribution in [1.29, 1.82) is 0 Å². The first kappa shape index (κ1) is 45.2. The molecule has 2 saturated heterocycles. The van der Waals surface area contributed by atoms with E-state index in [2.05, 4.69) is 31.6 Å². The molecule has 6 amide bonds.